The first kappa shape index (κ1) is 19.3. The van der Waals surface area contributed by atoms with Crippen LogP contribution in [0.1, 0.15) is 26.4 Å². The third kappa shape index (κ3) is 2.71. The van der Waals surface area contributed by atoms with Crippen LogP contribution in [0.15, 0.2) is 42.5 Å². The topological polar surface area (TPSA) is 122 Å². The molecule has 4 aromatic rings. The molecule has 2 saturated heterocycles. The van der Waals surface area contributed by atoms with Crippen LogP contribution in [0.4, 0.5) is 0 Å². The molecule has 168 valence electrons. The lowest BCUT2D eigenvalue weighted by Gasteiger charge is -2.42. The van der Waals surface area contributed by atoms with Gasteiger partial charge in [0.05, 0.1) is 11.6 Å². The van der Waals surface area contributed by atoms with Crippen LogP contribution >= 0.6 is 0 Å². The van der Waals surface area contributed by atoms with Gasteiger partial charge >= 0.3 is 0 Å². The van der Waals surface area contributed by atoms with E-state index in [9.17, 15) is 9.59 Å². The van der Waals surface area contributed by atoms with Crippen LogP contribution in [0.2, 0.25) is 0 Å². The van der Waals surface area contributed by atoms with Gasteiger partial charge in [-0.25, -0.2) is 0 Å². The first-order chi connectivity index (χ1) is 16.6. The van der Waals surface area contributed by atoms with Crippen molar-refractivity contribution in [2.24, 2.45) is 23.7 Å². The van der Waals surface area contributed by atoms with E-state index < -0.39 is 0 Å². The highest BCUT2D eigenvalue weighted by Gasteiger charge is 2.59. The SMILES string of the molecule is N#Cc1ccc2[nH]c(C(=O)N3CC4C(C3)[C@@H]3CN(C(=O)c5ccc6n[nH]nc6c5)C[C@H]43)cc2c1. The first-order valence-corrected chi connectivity index (χ1v) is 11.5. The number of aromatic amines is 2. The summed E-state index contributed by atoms with van der Waals surface area (Å²) in [6, 6.07) is 14.8. The number of aromatic nitrogens is 4. The summed E-state index contributed by atoms with van der Waals surface area (Å²) in [5, 5.41) is 20.7. The van der Waals surface area contributed by atoms with Gasteiger partial charge in [-0.1, -0.05) is 0 Å². The standard InChI is InChI=1S/C25H21N7O2/c26-8-13-1-3-20-15(5-13)7-23(27-20)25(34)32-11-18-16-9-31(10-17(16)19(18)12-32)24(33)14-2-4-21-22(6-14)29-30-28-21/h1-7,16-19,27H,9-12H2,(H,28,29,30)/t16-,17+,18?,19?. The molecular formula is C25H21N7O2. The van der Waals surface area contributed by atoms with Crippen molar-refractivity contribution in [2.45, 2.75) is 0 Å². The molecule has 2 amide bonds. The minimum absolute atomic E-state index is 0.0102. The Morgan fingerprint density at radius 3 is 2.24 bits per heavy atom. The number of rotatable bonds is 2. The average Bonchev–Trinajstić information content (AvgIpc) is 3.63. The smallest absolute Gasteiger partial charge is 0.270 e. The molecule has 0 bridgehead atoms. The Kier molecular flexibility index (Phi) is 3.92. The third-order valence-corrected chi connectivity index (χ3v) is 8.04. The van der Waals surface area contributed by atoms with E-state index in [2.05, 4.69) is 26.5 Å². The minimum Gasteiger partial charge on any atom is -0.351 e. The van der Waals surface area contributed by atoms with Gasteiger partial charge in [-0.05, 0) is 66.1 Å². The predicted molar refractivity (Wildman–Crippen MR) is 123 cm³/mol. The third-order valence-electron chi connectivity index (χ3n) is 8.04. The molecule has 2 aliphatic heterocycles. The Morgan fingerprint density at radius 2 is 1.53 bits per heavy atom. The van der Waals surface area contributed by atoms with Crippen LogP contribution in [0.25, 0.3) is 21.9 Å². The van der Waals surface area contributed by atoms with Gasteiger partial charge in [-0.2, -0.15) is 20.7 Å². The molecule has 2 aromatic carbocycles. The second-order valence-electron chi connectivity index (χ2n) is 9.70. The zero-order valence-electron chi connectivity index (χ0n) is 18.2. The maximum Gasteiger partial charge on any atom is 0.270 e. The highest BCUT2D eigenvalue weighted by Crippen LogP contribution is 2.54. The van der Waals surface area contributed by atoms with Crippen LogP contribution in [0, 0.1) is 35.0 Å². The normalized spacial score (nSPS) is 25.3. The Bertz CT molecular complexity index is 1510. The largest absolute Gasteiger partial charge is 0.351 e. The summed E-state index contributed by atoms with van der Waals surface area (Å²) in [6.07, 6.45) is 0. The molecule has 0 spiro atoms. The number of benzene rings is 2. The van der Waals surface area contributed by atoms with E-state index >= 15 is 0 Å². The molecule has 4 heterocycles. The van der Waals surface area contributed by atoms with E-state index in [1.165, 1.54) is 0 Å². The van der Waals surface area contributed by atoms with E-state index in [0.717, 1.165) is 42.6 Å². The fraction of sp³-hybridized carbons (Fsp3) is 0.320. The zero-order chi connectivity index (χ0) is 23.0. The maximum absolute atomic E-state index is 13.2. The van der Waals surface area contributed by atoms with Gasteiger partial charge in [-0.3, -0.25) is 9.59 Å². The number of carbonyl (C=O) groups is 2. The van der Waals surface area contributed by atoms with Crippen LogP contribution in [-0.4, -0.2) is 68.2 Å². The van der Waals surface area contributed by atoms with Gasteiger partial charge < -0.3 is 14.8 Å². The number of nitrogens with zero attached hydrogens (tertiary/aromatic N) is 5. The highest BCUT2D eigenvalue weighted by atomic mass is 16.2. The summed E-state index contributed by atoms with van der Waals surface area (Å²) in [6.45, 7) is 2.95. The van der Waals surface area contributed by atoms with Gasteiger partial charge in [0.2, 0.25) is 0 Å². The number of carbonyl (C=O) groups excluding carboxylic acids is 2. The lowest BCUT2D eigenvalue weighted by atomic mass is 9.60. The van der Waals surface area contributed by atoms with E-state index in [1.54, 1.807) is 18.2 Å². The molecule has 2 unspecified atom stereocenters. The Labute approximate surface area is 194 Å². The van der Waals surface area contributed by atoms with Gasteiger partial charge in [0, 0.05) is 42.6 Å². The highest BCUT2D eigenvalue weighted by molar-refractivity contribution is 5.99. The molecule has 0 radical (unpaired) electrons. The molecule has 3 aliphatic rings. The zero-order valence-corrected chi connectivity index (χ0v) is 18.2. The van der Waals surface area contributed by atoms with Crippen molar-refractivity contribution in [2.75, 3.05) is 26.2 Å². The van der Waals surface area contributed by atoms with Gasteiger partial charge in [-0.15, -0.1) is 0 Å². The summed E-state index contributed by atoms with van der Waals surface area (Å²) in [4.78, 5) is 33.4. The summed E-state index contributed by atoms with van der Waals surface area (Å²) in [7, 11) is 0. The van der Waals surface area contributed by atoms with Crippen LogP contribution in [-0.2, 0) is 0 Å². The van der Waals surface area contributed by atoms with Crippen LogP contribution < -0.4 is 0 Å². The Morgan fingerprint density at radius 1 is 0.853 bits per heavy atom. The lowest BCUT2D eigenvalue weighted by molar-refractivity contribution is 0.0629. The second kappa shape index (κ2) is 6.90. The molecule has 2 aromatic heterocycles. The van der Waals surface area contributed by atoms with Crippen molar-refractivity contribution in [1.82, 2.24) is 30.2 Å². The molecular weight excluding hydrogens is 430 g/mol. The maximum atomic E-state index is 13.2. The molecule has 2 N–H and O–H groups in total. The summed E-state index contributed by atoms with van der Waals surface area (Å²) >= 11 is 0. The van der Waals surface area contributed by atoms with E-state index in [1.807, 2.05) is 34.1 Å². The van der Waals surface area contributed by atoms with Crippen molar-refractivity contribution >= 4 is 33.8 Å². The number of nitriles is 1. The summed E-state index contributed by atoms with van der Waals surface area (Å²) in [5.74, 6) is 1.83. The molecule has 9 nitrogen and oxygen atoms in total. The first-order valence-electron chi connectivity index (χ1n) is 11.5. The number of hydrogen-bond acceptors (Lipinski definition) is 5. The Hall–Kier alpha value is -4.19. The number of amides is 2. The van der Waals surface area contributed by atoms with Crippen molar-refractivity contribution in [3.05, 3.63) is 59.3 Å². The van der Waals surface area contributed by atoms with E-state index in [-0.39, 0.29) is 11.8 Å². The van der Waals surface area contributed by atoms with Crippen LogP contribution in [0.5, 0.6) is 0 Å². The van der Waals surface area contributed by atoms with Crippen LogP contribution in [0.3, 0.4) is 0 Å². The van der Waals surface area contributed by atoms with E-state index in [4.69, 9.17) is 5.26 Å². The van der Waals surface area contributed by atoms with Gasteiger partial charge in [0.1, 0.15) is 16.7 Å². The number of nitrogens with one attached hydrogen (secondary N) is 2. The Balaban J connectivity index is 1.04. The fourth-order valence-corrected chi connectivity index (χ4v) is 6.35. The minimum atomic E-state index is 0.0102. The van der Waals surface area contributed by atoms with Gasteiger partial charge in [0.15, 0.2) is 0 Å². The molecule has 9 heteroatoms. The number of likely N-dealkylation sites (tertiary alicyclic amines) is 2. The fourth-order valence-electron chi connectivity index (χ4n) is 6.35. The summed E-state index contributed by atoms with van der Waals surface area (Å²) < 4.78 is 0. The molecule has 1 aliphatic carbocycles. The number of hydrogen-bond donors (Lipinski definition) is 2. The number of H-pyrrole nitrogens is 2. The molecule has 3 fully saturated rings. The number of fused-ring (bicyclic) bond motifs is 6. The monoisotopic (exact) mass is 451 g/mol. The molecule has 7 rings (SSSR count). The average molecular weight is 451 g/mol. The molecule has 4 atom stereocenters. The lowest BCUT2D eigenvalue weighted by Crippen LogP contribution is -2.44. The second-order valence-corrected chi connectivity index (χ2v) is 9.70. The quantitative estimate of drug-likeness (QED) is 0.485. The van der Waals surface area contributed by atoms with E-state index in [0.29, 0.717) is 46.0 Å². The van der Waals surface area contributed by atoms with Crippen molar-refractivity contribution in [3.8, 4) is 6.07 Å². The molecule has 34 heavy (non-hydrogen) atoms. The van der Waals surface area contributed by atoms with Crippen molar-refractivity contribution in [3.63, 3.8) is 0 Å². The van der Waals surface area contributed by atoms with Crippen molar-refractivity contribution in [1.29, 1.82) is 5.26 Å². The van der Waals surface area contributed by atoms with Gasteiger partial charge in [0.25, 0.3) is 11.8 Å². The van der Waals surface area contributed by atoms with Crippen molar-refractivity contribution < 1.29 is 9.59 Å². The predicted octanol–water partition coefficient (Wildman–Crippen LogP) is 2.40. The summed E-state index contributed by atoms with van der Waals surface area (Å²) in [5.41, 5.74) is 4.09. The molecule has 1 saturated carbocycles.